The monoisotopic (exact) mass is 192 g/mol. The number of ether oxygens (including phenoxy) is 1. The Balaban J connectivity index is 2.03. The van der Waals surface area contributed by atoms with Gasteiger partial charge < -0.3 is 9.64 Å². The Hall–Kier alpha value is -1.09. The maximum absolute atomic E-state index is 5.31. The molecule has 3 nitrogen and oxygen atoms in total. The molecule has 0 bridgehead atoms. The summed E-state index contributed by atoms with van der Waals surface area (Å²) in [6, 6.07) is 0. The smallest absolute Gasteiger partial charge is 0.108 e. The van der Waals surface area contributed by atoms with Crippen LogP contribution in [0.5, 0.6) is 0 Å². The van der Waals surface area contributed by atoms with Gasteiger partial charge >= 0.3 is 0 Å². The molecule has 2 aliphatic rings. The molecule has 0 aliphatic carbocycles. The summed E-state index contributed by atoms with van der Waals surface area (Å²) >= 11 is 0. The number of rotatable bonds is 0. The van der Waals surface area contributed by atoms with Crippen LogP contribution in [0.2, 0.25) is 0 Å². The van der Waals surface area contributed by atoms with Gasteiger partial charge in [0, 0.05) is 25.7 Å². The molecule has 2 rings (SSSR count). The second-order valence-electron chi connectivity index (χ2n) is 3.61. The Kier molecular flexibility index (Phi) is 2.99. The number of hydrogen-bond donors (Lipinski definition) is 0. The van der Waals surface area contributed by atoms with Gasteiger partial charge in [-0.1, -0.05) is 11.6 Å². The Labute approximate surface area is 84.8 Å². The molecule has 1 fully saturated rings. The minimum Gasteiger partial charge on any atom is -0.378 e. The predicted octanol–water partition coefficient (Wildman–Crippen LogP) is 1.58. The summed E-state index contributed by atoms with van der Waals surface area (Å²) in [4.78, 5) is 6.76. The van der Waals surface area contributed by atoms with Gasteiger partial charge in [-0.3, -0.25) is 0 Å². The van der Waals surface area contributed by atoms with Gasteiger partial charge in [-0.2, -0.15) is 0 Å². The van der Waals surface area contributed by atoms with E-state index >= 15 is 0 Å². The van der Waals surface area contributed by atoms with Gasteiger partial charge in [-0.05, 0) is 13.0 Å². The summed E-state index contributed by atoms with van der Waals surface area (Å²) in [7, 11) is 0. The molecule has 0 unspecified atom stereocenters. The van der Waals surface area contributed by atoms with Crippen molar-refractivity contribution in [2.24, 2.45) is 4.99 Å². The summed E-state index contributed by atoms with van der Waals surface area (Å²) in [5.74, 6) is 1.17. The largest absolute Gasteiger partial charge is 0.378 e. The van der Waals surface area contributed by atoms with Gasteiger partial charge in [0.25, 0.3) is 0 Å². The van der Waals surface area contributed by atoms with E-state index in [2.05, 4.69) is 22.9 Å². The first-order chi connectivity index (χ1) is 6.86. The van der Waals surface area contributed by atoms with Crippen molar-refractivity contribution in [2.45, 2.75) is 13.3 Å². The van der Waals surface area contributed by atoms with Crippen LogP contribution < -0.4 is 0 Å². The molecule has 0 saturated carbocycles. The standard InChI is InChI=1S/C11H16N2O/c1-10-2-3-11(12-5-4-10)13-6-8-14-9-7-13/h2,4-5H,3,6-9H2,1H3. The zero-order valence-electron chi connectivity index (χ0n) is 8.57. The zero-order chi connectivity index (χ0) is 9.80. The molecule has 0 N–H and O–H groups in total. The first-order valence-corrected chi connectivity index (χ1v) is 5.09. The number of morpholine rings is 1. The molecule has 2 aliphatic heterocycles. The molecule has 0 aromatic carbocycles. The Morgan fingerprint density at radius 1 is 1.36 bits per heavy atom. The van der Waals surface area contributed by atoms with Crippen LogP contribution in [-0.2, 0) is 4.74 Å². The Bertz CT molecular complexity index is 283. The molecule has 0 atom stereocenters. The fourth-order valence-corrected chi connectivity index (χ4v) is 1.65. The van der Waals surface area contributed by atoms with Crippen LogP contribution in [-0.4, -0.2) is 37.0 Å². The molecule has 0 spiro atoms. The Morgan fingerprint density at radius 3 is 2.93 bits per heavy atom. The normalized spacial score (nSPS) is 22.8. The molecule has 76 valence electrons. The molecule has 0 aromatic rings. The summed E-state index contributed by atoms with van der Waals surface area (Å²) in [6.45, 7) is 5.70. The van der Waals surface area contributed by atoms with Gasteiger partial charge in [-0.25, -0.2) is 4.99 Å². The second kappa shape index (κ2) is 4.42. The van der Waals surface area contributed by atoms with Crippen molar-refractivity contribution in [1.82, 2.24) is 4.90 Å². The van der Waals surface area contributed by atoms with E-state index in [1.807, 2.05) is 12.3 Å². The average molecular weight is 192 g/mol. The van der Waals surface area contributed by atoms with E-state index in [9.17, 15) is 0 Å². The van der Waals surface area contributed by atoms with E-state index < -0.39 is 0 Å². The van der Waals surface area contributed by atoms with E-state index in [4.69, 9.17) is 4.74 Å². The minimum absolute atomic E-state index is 0.825. The molecule has 2 heterocycles. The van der Waals surface area contributed by atoms with Gasteiger partial charge in [0.1, 0.15) is 5.84 Å². The maximum atomic E-state index is 5.31. The van der Waals surface area contributed by atoms with E-state index in [1.54, 1.807) is 0 Å². The van der Waals surface area contributed by atoms with Crippen molar-refractivity contribution in [1.29, 1.82) is 0 Å². The first-order valence-electron chi connectivity index (χ1n) is 5.09. The van der Waals surface area contributed by atoms with Crippen LogP contribution in [0.15, 0.2) is 28.9 Å². The fraction of sp³-hybridized carbons (Fsp3) is 0.545. The lowest BCUT2D eigenvalue weighted by molar-refractivity contribution is 0.0675. The van der Waals surface area contributed by atoms with Crippen LogP contribution >= 0.6 is 0 Å². The van der Waals surface area contributed by atoms with Gasteiger partial charge in [-0.15, -0.1) is 0 Å². The molecule has 1 saturated heterocycles. The zero-order valence-corrected chi connectivity index (χ0v) is 8.57. The number of hydrogen-bond acceptors (Lipinski definition) is 3. The van der Waals surface area contributed by atoms with Crippen molar-refractivity contribution >= 4 is 5.84 Å². The molecule has 0 radical (unpaired) electrons. The SMILES string of the molecule is CC1=CCC(N2CCOCC2)=NC=C1. The Morgan fingerprint density at radius 2 is 2.14 bits per heavy atom. The van der Waals surface area contributed by atoms with Gasteiger partial charge in [0.05, 0.1) is 13.2 Å². The highest BCUT2D eigenvalue weighted by Gasteiger charge is 2.14. The lowest BCUT2D eigenvalue weighted by Gasteiger charge is -2.29. The molecular weight excluding hydrogens is 176 g/mol. The third-order valence-corrected chi connectivity index (χ3v) is 2.54. The average Bonchev–Trinajstić information content (AvgIpc) is 2.44. The lowest BCUT2D eigenvalue weighted by Crippen LogP contribution is -2.40. The number of amidine groups is 1. The molecule has 14 heavy (non-hydrogen) atoms. The quantitative estimate of drug-likeness (QED) is 0.582. The van der Waals surface area contributed by atoms with E-state index in [-0.39, 0.29) is 0 Å². The summed E-state index contributed by atoms with van der Waals surface area (Å²) in [6.07, 6.45) is 7.10. The molecule has 0 amide bonds. The minimum atomic E-state index is 0.825. The van der Waals surface area contributed by atoms with E-state index in [0.29, 0.717) is 0 Å². The highest BCUT2D eigenvalue weighted by atomic mass is 16.5. The lowest BCUT2D eigenvalue weighted by atomic mass is 10.2. The number of nitrogens with zero attached hydrogens (tertiary/aromatic N) is 2. The molecular formula is C11H16N2O. The van der Waals surface area contributed by atoms with Crippen LogP contribution in [0.25, 0.3) is 0 Å². The van der Waals surface area contributed by atoms with Gasteiger partial charge in [0.15, 0.2) is 0 Å². The van der Waals surface area contributed by atoms with Crippen molar-refractivity contribution < 1.29 is 4.74 Å². The molecule has 0 aromatic heterocycles. The summed E-state index contributed by atoms with van der Waals surface area (Å²) in [5.41, 5.74) is 1.29. The number of aliphatic imine (C=N–C) groups is 1. The van der Waals surface area contributed by atoms with Crippen LogP contribution in [0, 0.1) is 0 Å². The first kappa shape index (κ1) is 9.46. The van der Waals surface area contributed by atoms with Crippen molar-refractivity contribution in [3.05, 3.63) is 23.9 Å². The molecule has 3 heteroatoms. The van der Waals surface area contributed by atoms with Crippen molar-refractivity contribution in [3.8, 4) is 0 Å². The van der Waals surface area contributed by atoms with Crippen LogP contribution in [0.1, 0.15) is 13.3 Å². The maximum Gasteiger partial charge on any atom is 0.108 e. The second-order valence-corrected chi connectivity index (χ2v) is 3.61. The van der Waals surface area contributed by atoms with Crippen molar-refractivity contribution in [2.75, 3.05) is 26.3 Å². The topological polar surface area (TPSA) is 24.8 Å². The van der Waals surface area contributed by atoms with Crippen molar-refractivity contribution in [3.63, 3.8) is 0 Å². The van der Waals surface area contributed by atoms with Crippen LogP contribution in [0.4, 0.5) is 0 Å². The highest BCUT2D eigenvalue weighted by molar-refractivity contribution is 5.84. The van der Waals surface area contributed by atoms with Crippen LogP contribution in [0.3, 0.4) is 0 Å². The fourth-order valence-electron chi connectivity index (χ4n) is 1.65. The van der Waals surface area contributed by atoms with E-state index in [1.165, 1.54) is 11.4 Å². The summed E-state index contributed by atoms with van der Waals surface area (Å²) < 4.78 is 5.31. The number of allylic oxidation sites excluding steroid dienone is 2. The van der Waals surface area contributed by atoms with E-state index in [0.717, 1.165) is 32.7 Å². The predicted molar refractivity (Wildman–Crippen MR) is 57.3 cm³/mol. The third kappa shape index (κ3) is 2.23. The third-order valence-electron chi connectivity index (χ3n) is 2.54. The summed E-state index contributed by atoms with van der Waals surface area (Å²) in [5, 5.41) is 0. The highest BCUT2D eigenvalue weighted by Crippen LogP contribution is 2.09. The van der Waals surface area contributed by atoms with Gasteiger partial charge in [0.2, 0.25) is 0 Å².